The number of nitrogens with zero attached hydrogens (tertiary/aromatic N) is 5. The second kappa shape index (κ2) is 11.3. The summed E-state index contributed by atoms with van der Waals surface area (Å²) < 4.78 is 2.00. The van der Waals surface area contributed by atoms with Crippen molar-refractivity contribution in [1.82, 2.24) is 30.1 Å². The number of H-pyrrole nitrogens is 1. The van der Waals surface area contributed by atoms with Gasteiger partial charge in [-0.1, -0.05) is 85.1 Å². The van der Waals surface area contributed by atoms with Crippen molar-refractivity contribution in [3.8, 4) is 0 Å². The predicted octanol–water partition coefficient (Wildman–Crippen LogP) is 5.77. The first kappa shape index (κ1) is 25.2. The number of hydrogen-bond acceptors (Lipinski definition) is 5. The molecule has 0 bridgehead atoms. The Hall–Kier alpha value is -4.10. The largest absolute Gasteiger partial charge is 0.322 e. The van der Waals surface area contributed by atoms with Gasteiger partial charge in [-0.05, 0) is 71.3 Å². The second-order valence-electron chi connectivity index (χ2n) is 10.7. The summed E-state index contributed by atoms with van der Waals surface area (Å²) in [7, 11) is 0. The Morgan fingerprint density at radius 2 is 1.67 bits per heavy atom. The summed E-state index contributed by atoms with van der Waals surface area (Å²) >= 11 is 0. The van der Waals surface area contributed by atoms with Crippen molar-refractivity contribution in [3.05, 3.63) is 123 Å². The van der Waals surface area contributed by atoms with Crippen LogP contribution in [0.25, 0.3) is 10.9 Å². The lowest BCUT2D eigenvalue weighted by molar-refractivity contribution is 0.201. The van der Waals surface area contributed by atoms with Crippen LogP contribution in [-0.2, 0) is 13.0 Å². The zero-order chi connectivity index (χ0) is 26.6. The molecule has 0 radical (unpaired) electrons. The van der Waals surface area contributed by atoms with Crippen LogP contribution < -0.4 is 5.56 Å². The maximum atomic E-state index is 13.8. The van der Waals surface area contributed by atoms with Crippen LogP contribution in [0.4, 0.5) is 0 Å². The molecule has 1 aliphatic rings. The van der Waals surface area contributed by atoms with Gasteiger partial charge in [-0.25, -0.2) is 4.68 Å². The highest BCUT2D eigenvalue weighted by Crippen LogP contribution is 2.34. The Kier molecular flexibility index (Phi) is 7.32. The lowest BCUT2D eigenvalue weighted by Crippen LogP contribution is -2.36. The summed E-state index contributed by atoms with van der Waals surface area (Å²) in [6, 6.07) is 29.0. The molecule has 1 saturated carbocycles. The first-order chi connectivity index (χ1) is 19.2. The summed E-state index contributed by atoms with van der Waals surface area (Å²) in [5.41, 5.74) is 5.00. The standard InChI is InChI=1S/C32H34N6O/c1-23-16-17-29-26(20-23)21-28(32(39)33-29)30(31-34-35-36-38(31)27-14-8-9-15-27)37(22-25-12-6-3-7-13-25)19-18-24-10-4-2-5-11-24/h2-7,10-13,16-17,20-21,27,30H,8-9,14-15,18-19,22H2,1H3,(H,33,39)/t30-/m1/s1. The number of fused-ring (bicyclic) bond motifs is 1. The third kappa shape index (κ3) is 5.54. The Morgan fingerprint density at radius 1 is 0.949 bits per heavy atom. The number of pyridine rings is 1. The SMILES string of the molecule is Cc1ccc2[nH]c(=O)c([C@H](c3nnnn3C3CCCC3)N(CCc3ccccc3)Cc3ccccc3)cc2c1. The van der Waals surface area contributed by atoms with Crippen LogP contribution in [0.5, 0.6) is 0 Å². The number of rotatable bonds is 9. The van der Waals surface area contributed by atoms with Crippen LogP contribution >= 0.6 is 0 Å². The number of benzene rings is 3. The van der Waals surface area contributed by atoms with E-state index in [1.807, 2.05) is 35.0 Å². The number of aromatic amines is 1. The van der Waals surface area contributed by atoms with E-state index in [0.717, 1.165) is 48.1 Å². The number of aryl methyl sites for hydroxylation is 1. The van der Waals surface area contributed by atoms with E-state index in [-0.39, 0.29) is 11.6 Å². The maximum absolute atomic E-state index is 13.8. The van der Waals surface area contributed by atoms with E-state index in [2.05, 4.69) is 86.9 Å². The molecule has 7 nitrogen and oxygen atoms in total. The van der Waals surface area contributed by atoms with Crippen molar-refractivity contribution < 1.29 is 0 Å². The lowest BCUT2D eigenvalue weighted by atomic mass is 10.0. The van der Waals surface area contributed by atoms with Crippen LogP contribution in [0, 0.1) is 6.92 Å². The summed E-state index contributed by atoms with van der Waals surface area (Å²) in [6.45, 7) is 3.48. The van der Waals surface area contributed by atoms with Crippen molar-refractivity contribution in [2.24, 2.45) is 0 Å². The molecule has 3 aromatic carbocycles. The van der Waals surface area contributed by atoms with Crippen molar-refractivity contribution in [3.63, 3.8) is 0 Å². The van der Waals surface area contributed by atoms with E-state index in [0.29, 0.717) is 12.1 Å². The Labute approximate surface area is 228 Å². The van der Waals surface area contributed by atoms with E-state index in [9.17, 15) is 4.79 Å². The fourth-order valence-corrected chi connectivity index (χ4v) is 5.87. The molecular weight excluding hydrogens is 484 g/mol. The first-order valence-electron chi connectivity index (χ1n) is 13.9. The van der Waals surface area contributed by atoms with E-state index in [4.69, 9.17) is 0 Å². The van der Waals surface area contributed by atoms with E-state index >= 15 is 0 Å². The molecule has 7 heteroatoms. The van der Waals surface area contributed by atoms with Gasteiger partial charge in [0.2, 0.25) is 0 Å². The zero-order valence-electron chi connectivity index (χ0n) is 22.3. The first-order valence-corrected chi connectivity index (χ1v) is 13.9. The minimum atomic E-state index is -0.404. The molecule has 1 aliphatic carbocycles. The van der Waals surface area contributed by atoms with E-state index in [1.165, 1.54) is 24.0 Å². The number of nitrogens with one attached hydrogen (secondary N) is 1. The minimum absolute atomic E-state index is 0.102. The summed E-state index contributed by atoms with van der Waals surface area (Å²) in [4.78, 5) is 19.3. The van der Waals surface area contributed by atoms with Crippen LogP contribution in [0.2, 0.25) is 0 Å². The highest BCUT2D eigenvalue weighted by atomic mass is 16.1. The van der Waals surface area contributed by atoms with Gasteiger partial charge in [0.1, 0.15) is 6.04 Å². The van der Waals surface area contributed by atoms with Crippen LogP contribution in [0.1, 0.15) is 65.8 Å². The number of aromatic nitrogens is 5. The fourth-order valence-electron chi connectivity index (χ4n) is 5.87. The molecule has 1 atom stereocenters. The number of tetrazole rings is 1. The van der Waals surface area contributed by atoms with Gasteiger partial charge >= 0.3 is 0 Å². The minimum Gasteiger partial charge on any atom is -0.322 e. The molecular formula is C32H34N6O. The molecule has 1 N–H and O–H groups in total. The monoisotopic (exact) mass is 518 g/mol. The van der Waals surface area contributed by atoms with Crippen LogP contribution in [0.15, 0.2) is 89.7 Å². The fraction of sp³-hybridized carbons (Fsp3) is 0.312. The van der Waals surface area contributed by atoms with Gasteiger partial charge in [-0.3, -0.25) is 9.69 Å². The summed E-state index contributed by atoms with van der Waals surface area (Å²) in [5.74, 6) is 0.739. The predicted molar refractivity (Wildman–Crippen MR) is 153 cm³/mol. The lowest BCUT2D eigenvalue weighted by Gasteiger charge is -2.32. The highest BCUT2D eigenvalue weighted by Gasteiger charge is 2.33. The Bertz CT molecular complexity index is 1590. The third-order valence-corrected chi connectivity index (χ3v) is 7.88. The number of hydrogen-bond donors (Lipinski definition) is 1. The van der Waals surface area contributed by atoms with Crippen LogP contribution in [0.3, 0.4) is 0 Å². The van der Waals surface area contributed by atoms with E-state index < -0.39 is 6.04 Å². The molecule has 0 unspecified atom stereocenters. The molecule has 39 heavy (non-hydrogen) atoms. The average Bonchev–Trinajstić information content (AvgIpc) is 3.66. The molecule has 2 heterocycles. The molecule has 198 valence electrons. The molecule has 1 fully saturated rings. The van der Waals surface area contributed by atoms with Crippen molar-refractivity contribution in [2.45, 2.75) is 57.7 Å². The Morgan fingerprint density at radius 3 is 2.41 bits per heavy atom. The molecule has 0 aliphatic heterocycles. The Balaban J connectivity index is 1.50. The van der Waals surface area contributed by atoms with Gasteiger partial charge in [-0.15, -0.1) is 5.10 Å². The van der Waals surface area contributed by atoms with Gasteiger partial charge in [-0.2, -0.15) is 0 Å². The zero-order valence-corrected chi connectivity index (χ0v) is 22.3. The van der Waals surface area contributed by atoms with Gasteiger partial charge in [0.25, 0.3) is 5.56 Å². The molecule has 5 aromatic rings. The van der Waals surface area contributed by atoms with Gasteiger partial charge in [0.05, 0.1) is 6.04 Å². The van der Waals surface area contributed by atoms with Crippen molar-refractivity contribution in [2.75, 3.05) is 6.54 Å². The van der Waals surface area contributed by atoms with Crippen LogP contribution in [-0.4, -0.2) is 36.6 Å². The quantitative estimate of drug-likeness (QED) is 0.268. The van der Waals surface area contributed by atoms with Crippen molar-refractivity contribution in [1.29, 1.82) is 0 Å². The van der Waals surface area contributed by atoms with Crippen molar-refractivity contribution >= 4 is 10.9 Å². The summed E-state index contributed by atoms with van der Waals surface area (Å²) in [6.07, 6.45) is 5.31. The summed E-state index contributed by atoms with van der Waals surface area (Å²) in [5, 5.41) is 14.2. The topological polar surface area (TPSA) is 79.7 Å². The smallest absolute Gasteiger partial charge is 0.253 e. The van der Waals surface area contributed by atoms with E-state index in [1.54, 1.807) is 0 Å². The normalized spacial score (nSPS) is 14.8. The highest BCUT2D eigenvalue weighted by molar-refractivity contribution is 5.79. The molecule has 2 aromatic heterocycles. The third-order valence-electron chi connectivity index (χ3n) is 7.88. The molecule has 0 spiro atoms. The second-order valence-corrected chi connectivity index (χ2v) is 10.7. The van der Waals surface area contributed by atoms with Gasteiger partial charge < -0.3 is 4.98 Å². The van der Waals surface area contributed by atoms with Gasteiger partial charge in [0.15, 0.2) is 5.82 Å². The molecule has 0 saturated heterocycles. The molecule has 0 amide bonds. The maximum Gasteiger partial charge on any atom is 0.253 e. The van der Waals surface area contributed by atoms with Gasteiger partial charge in [0, 0.05) is 24.2 Å². The molecule has 6 rings (SSSR count). The average molecular weight is 519 g/mol.